The molecule has 0 N–H and O–H groups in total. The number of likely N-dealkylation sites (tertiary alicyclic amines) is 1. The minimum absolute atomic E-state index is 0.0469. The van der Waals surface area contributed by atoms with Crippen molar-refractivity contribution < 1.29 is 45.4 Å². The molecule has 2 aromatic rings. The Labute approximate surface area is 246 Å². The second-order valence-corrected chi connectivity index (χ2v) is 11.6. The van der Waals surface area contributed by atoms with E-state index in [1.165, 1.54) is 0 Å². The summed E-state index contributed by atoms with van der Waals surface area (Å²) >= 11 is 0. The van der Waals surface area contributed by atoms with Crippen LogP contribution in [-0.4, -0.2) is 62.6 Å². The summed E-state index contributed by atoms with van der Waals surface area (Å²) in [4.78, 5) is 29.3. The Bertz CT molecular complexity index is 1240. The van der Waals surface area contributed by atoms with Crippen LogP contribution in [-0.2, 0) is 41.3 Å². The van der Waals surface area contributed by atoms with Gasteiger partial charge in [-0.15, -0.1) is 0 Å². The van der Waals surface area contributed by atoms with Crippen molar-refractivity contribution in [1.29, 1.82) is 0 Å². The van der Waals surface area contributed by atoms with Gasteiger partial charge in [-0.25, -0.2) is 9.59 Å². The molecule has 2 amide bonds. The Kier molecular flexibility index (Phi) is 10.3. The highest BCUT2D eigenvalue weighted by Gasteiger charge is 2.44. The van der Waals surface area contributed by atoms with Crippen molar-refractivity contribution in [2.75, 3.05) is 7.11 Å². The molecule has 1 aromatic heterocycles. The van der Waals surface area contributed by atoms with Crippen LogP contribution >= 0.6 is 0 Å². The molecule has 2 heterocycles. The fourth-order valence-electron chi connectivity index (χ4n) is 5.49. The Morgan fingerprint density at radius 2 is 1.56 bits per heavy atom. The second kappa shape index (κ2) is 13.0. The van der Waals surface area contributed by atoms with Gasteiger partial charge in [0.25, 0.3) is 0 Å². The van der Waals surface area contributed by atoms with E-state index in [0.29, 0.717) is 31.5 Å². The molecule has 8 nitrogen and oxygen atoms in total. The molecule has 1 aliphatic rings. The maximum absolute atomic E-state index is 13.6. The van der Waals surface area contributed by atoms with E-state index in [2.05, 4.69) is 5.10 Å². The predicted molar refractivity (Wildman–Crippen MR) is 145 cm³/mol. The van der Waals surface area contributed by atoms with Crippen molar-refractivity contribution in [2.45, 2.75) is 109 Å². The quantitative estimate of drug-likeness (QED) is 0.304. The molecule has 14 heteroatoms. The Balaban J connectivity index is 2.05. The minimum Gasteiger partial charge on any atom is -0.453 e. The molecule has 240 valence electrons. The van der Waals surface area contributed by atoms with Gasteiger partial charge < -0.3 is 19.3 Å². The summed E-state index contributed by atoms with van der Waals surface area (Å²) in [5, 5.41) is 4.29. The molecule has 43 heavy (non-hydrogen) atoms. The zero-order chi connectivity index (χ0) is 32.3. The van der Waals surface area contributed by atoms with Crippen LogP contribution in [0.5, 0.6) is 0 Å². The van der Waals surface area contributed by atoms with E-state index in [1.807, 2.05) is 13.8 Å². The first-order valence-electron chi connectivity index (χ1n) is 14.0. The van der Waals surface area contributed by atoms with Gasteiger partial charge in [-0.2, -0.15) is 31.4 Å². The van der Waals surface area contributed by atoms with Gasteiger partial charge in [0.15, 0.2) is 0 Å². The van der Waals surface area contributed by atoms with Crippen molar-refractivity contribution >= 4 is 12.2 Å². The van der Waals surface area contributed by atoms with Crippen molar-refractivity contribution in [3.8, 4) is 0 Å². The van der Waals surface area contributed by atoms with E-state index < -0.39 is 65.9 Å². The molecule has 0 bridgehead atoms. The molecule has 1 aromatic carbocycles. The predicted octanol–water partition coefficient (Wildman–Crippen LogP) is 7.30. The number of ether oxygens (including phenoxy) is 2. The molecule has 0 spiro atoms. The largest absolute Gasteiger partial charge is 0.453 e. The number of aryl methyl sites for hydroxylation is 1. The number of carbonyl (C=O) groups excluding carboxylic acids is 2. The van der Waals surface area contributed by atoms with E-state index in [9.17, 15) is 35.9 Å². The lowest BCUT2D eigenvalue weighted by molar-refractivity contribution is -0.143. The molecule has 3 atom stereocenters. The van der Waals surface area contributed by atoms with Crippen LogP contribution in [0.4, 0.5) is 35.9 Å². The Hall–Kier alpha value is -3.45. The zero-order valence-electron chi connectivity index (χ0n) is 25.1. The molecule has 3 unspecified atom stereocenters. The third kappa shape index (κ3) is 8.56. The number of alkyl halides is 6. The molecule has 1 saturated heterocycles. The second-order valence-electron chi connectivity index (χ2n) is 11.6. The van der Waals surface area contributed by atoms with E-state index >= 15 is 0 Å². The fourth-order valence-corrected chi connectivity index (χ4v) is 5.49. The summed E-state index contributed by atoms with van der Waals surface area (Å²) < 4.78 is 93.7. The average Bonchev–Trinajstić information content (AvgIpc) is 3.35. The number of rotatable bonds is 7. The molecule has 0 aliphatic carbocycles. The molecule has 0 saturated carbocycles. The lowest BCUT2D eigenvalue weighted by atomic mass is 9.86. The van der Waals surface area contributed by atoms with Gasteiger partial charge >= 0.3 is 24.5 Å². The van der Waals surface area contributed by atoms with Gasteiger partial charge in [0.2, 0.25) is 0 Å². The number of nitrogens with zero attached hydrogens (tertiary/aromatic N) is 4. The maximum atomic E-state index is 13.6. The van der Waals surface area contributed by atoms with Gasteiger partial charge in [0.05, 0.1) is 18.2 Å². The number of hydrogen-bond donors (Lipinski definition) is 0. The lowest BCUT2D eigenvalue weighted by Crippen LogP contribution is -2.59. The van der Waals surface area contributed by atoms with Crippen LogP contribution in [0.3, 0.4) is 0 Å². The first-order chi connectivity index (χ1) is 19.9. The monoisotopic (exact) mass is 620 g/mol. The van der Waals surface area contributed by atoms with Crippen LogP contribution < -0.4 is 0 Å². The van der Waals surface area contributed by atoms with E-state index in [1.54, 1.807) is 42.6 Å². The Morgan fingerprint density at radius 1 is 0.977 bits per heavy atom. The first kappa shape index (κ1) is 34.0. The van der Waals surface area contributed by atoms with Crippen LogP contribution in [0.1, 0.15) is 76.3 Å². The summed E-state index contributed by atoms with van der Waals surface area (Å²) in [6, 6.07) is 1.41. The third-order valence-electron chi connectivity index (χ3n) is 7.35. The van der Waals surface area contributed by atoms with Crippen LogP contribution in [0.15, 0.2) is 30.5 Å². The van der Waals surface area contributed by atoms with E-state index in [4.69, 9.17) is 9.47 Å². The van der Waals surface area contributed by atoms with Crippen LogP contribution in [0.2, 0.25) is 0 Å². The standard InChI is InChI=1S/C29H38F6N4O4/c1-7-21-14-23(16-24(15-22-9-10-36-38(22)8-2)39(21)26(41)43-27(3,4)5)37(25(40)42-6)17-18-11-19(28(30,31)32)13-20(12-18)29(33,34)35/h9-13,21,23-24H,7-8,14-17H2,1-6H3. The van der Waals surface area contributed by atoms with Crippen molar-refractivity contribution in [3.05, 3.63) is 52.8 Å². The SMILES string of the molecule is CCC1CC(N(Cc2cc(C(F)(F)F)cc(C(F)(F)F)c2)C(=O)OC)CC(Cc2ccnn2CC)N1C(=O)OC(C)(C)C. The van der Waals surface area contributed by atoms with E-state index in [0.717, 1.165) is 17.7 Å². The van der Waals surface area contributed by atoms with Crippen molar-refractivity contribution in [3.63, 3.8) is 0 Å². The number of amides is 2. The van der Waals surface area contributed by atoms with Gasteiger partial charge in [-0.1, -0.05) is 6.92 Å². The van der Waals surface area contributed by atoms with Crippen LogP contribution in [0.25, 0.3) is 0 Å². The molecular formula is C29H38F6N4O4. The highest BCUT2D eigenvalue weighted by molar-refractivity contribution is 5.70. The topological polar surface area (TPSA) is 76.9 Å². The molecule has 1 fully saturated rings. The minimum atomic E-state index is -5.04. The summed E-state index contributed by atoms with van der Waals surface area (Å²) in [6.45, 7) is 8.97. The van der Waals surface area contributed by atoms with E-state index in [-0.39, 0.29) is 24.5 Å². The summed E-state index contributed by atoms with van der Waals surface area (Å²) in [6.07, 6.45) is -8.74. The summed E-state index contributed by atoms with van der Waals surface area (Å²) in [5.74, 6) is 0. The number of methoxy groups -OCH3 is 1. The van der Waals surface area contributed by atoms with Gasteiger partial charge in [-0.3, -0.25) is 4.68 Å². The first-order valence-corrected chi connectivity index (χ1v) is 14.0. The number of piperidine rings is 1. The smallest absolute Gasteiger partial charge is 0.416 e. The highest BCUT2D eigenvalue weighted by atomic mass is 19.4. The highest BCUT2D eigenvalue weighted by Crippen LogP contribution is 2.38. The molecule has 3 rings (SSSR count). The number of halogens is 6. The summed E-state index contributed by atoms with van der Waals surface area (Å²) in [7, 11) is 1.09. The van der Waals surface area contributed by atoms with Gasteiger partial charge in [0, 0.05) is 49.5 Å². The van der Waals surface area contributed by atoms with Gasteiger partial charge in [0.1, 0.15) is 5.60 Å². The third-order valence-corrected chi connectivity index (χ3v) is 7.35. The number of hydrogen-bond acceptors (Lipinski definition) is 5. The zero-order valence-corrected chi connectivity index (χ0v) is 25.1. The van der Waals surface area contributed by atoms with Crippen molar-refractivity contribution in [1.82, 2.24) is 19.6 Å². The lowest BCUT2D eigenvalue weighted by Gasteiger charge is -2.47. The molecule has 0 radical (unpaired) electrons. The van der Waals surface area contributed by atoms with Crippen LogP contribution in [0, 0.1) is 0 Å². The number of benzene rings is 1. The fraction of sp³-hybridized carbons (Fsp3) is 0.621. The summed E-state index contributed by atoms with van der Waals surface area (Å²) in [5.41, 5.74) is -3.28. The Morgan fingerprint density at radius 3 is 2.05 bits per heavy atom. The molecular weight excluding hydrogens is 582 g/mol. The maximum Gasteiger partial charge on any atom is 0.416 e. The number of carbonyl (C=O) groups is 2. The average molecular weight is 621 g/mol. The normalized spacial score (nSPS) is 19.7. The number of aromatic nitrogens is 2. The molecule has 1 aliphatic heterocycles. The van der Waals surface area contributed by atoms with Crippen molar-refractivity contribution in [2.24, 2.45) is 0 Å². The van der Waals surface area contributed by atoms with Gasteiger partial charge in [-0.05, 0) is 76.8 Å².